The molecular formula is C8H8NNaO3. The van der Waals surface area contributed by atoms with Crippen LogP contribution in [0.4, 0.5) is 4.79 Å². The van der Waals surface area contributed by atoms with Crippen molar-refractivity contribution < 1.29 is 14.3 Å². The molecule has 0 aliphatic rings. The van der Waals surface area contributed by atoms with Gasteiger partial charge >= 0.3 is 35.7 Å². The number of imide groups is 1. The fraction of sp³-hybridized carbons (Fsp3) is 0. The SMILES string of the molecule is O=CNC(=O)Oc1ccccc1.[NaH]. The molecule has 5 heteroatoms. The summed E-state index contributed by atoms with van der Waals surface area (Å²) < 4.78 is 4.67. The first-order valence-electron chi connectivity index (χ1n) is 3.30. The van der Waals surface area contributed by atoms with Crippen molar-refractivity contribution in [2.75, 3.05) is 0 Å². The van der Waals surface area contributed by atoms with Gasteiger partial charge in [0.2, 0.25) is 6.41 Å². The summed E-state index contributed by atoms with van der Waals surface area (Å²) in [6.45, 7) is 0. The van der Waals surface area contributed by atoms with E-state index in [1.54, 1.807) is 30.3 Å². The van der Waals surface area contributed by atoms with Crippen LogP contribution in [-0.2, 0) is 4.79 Å². The molecule has 0 aliphatic heterocycles. The Kier molecular flexibility index (Phi) is 6.22. The Morgan fingerprint density at radius 2 is 1.92 bits per heavy atom. The number of hydrogen-bond acceptors (Lipinski definition) is 3. The van der Waals surface area contributed by atoms with Crippen molar-refractivity contribution in [2.24, 2.45) is 0 Å². The van der Waals surface area contributed by atoms with E-state index in [0.717, 1.165) is 0 Å². The van der Waals surface area contributed by atoms with E-state index in [4.69, 9.17) is 0 Å². The summed E-state index contributed by atoms with van der Waals surface area (Å²) in [5, 5.41) is 1.85. The average molecular weight is 189 g/mol. The van der Waals surface area contributed by atoms with Crippen molar-refractivity contribution in [3.05, 3.63) is 30.3 Å². The number of rotatable bonds is 2. The topological polar surface area (TPSA) is 55.4 Å². The summed E-state index contributed by atoms with van der Waals surface area (Å²) >= 11 is 0. The maximum absolute atomic E-state index is 10.6. The molecule has 0 unspecified atom stereocenters. The zero-order chi connectivity index (χ0) is 8.81. The minimum atomic E-state index is -0.781. The van der Waals surface area contributed by atoms with Crippen LogP contribution in [0.5, 0.6) is 5.75 Å². The molecule has 0 radical (unpaired) electrons. The van der Waals surface area contributed by atoms with Gasteiger partial charge in [0.1, 0.15) is 5.75 Å². The van der Waals surface area contributed by atoms with Gasteiger partial charge in [0.15, 0.2) is 0 Å². The van der Waals surface area contributed by atoms with Crippen LogP contribution >= 0.6 is 0 Å². The van der Waals surface area contributed by atoms with E-state index >= 15 is 0 Å². The van der Waals surface area contributed by atoms with Gasteiger partial charge in [0, 0.05) is 0 Å². The zero-order valence-corrected chi connectivity index (χ0v) is 6.19. The Bertz CT molecular complexity index is 276. The fourth-order valence-electron chi connectivity index (χ4n) is 0.673. The van der Waals surface area contributed by atoms with Gasteiger partial charge in [-0.15, -0.1) is 0 Å². The maximum atomic E-state index is 10.6. The molecule has 2 amide bonds. The third-order valence-electron chi connectivity index (χ3n) is 1.13. The van der Waals surface area contributed by atoms with Crippen LogP contribution in [0.25, 0.3) is 0 Å². The van der Waals surface area contributed by atoms with E-state index in [0.29, 0.717) is 5.75 Å². The van der Waals surface area contributed by atoms with Crippen molar-refractivity contribution in [3.63, 3.8) is 0 Å². The van der Waals surface area contributed by atoms with E-state index in [1.807, 2.05) is 5.32 Å². The molecular weight excluding hydrogens is 181 g/mol. The Morgan fingerprint density at radius 1 is 1.31 bits per heavy atom. The van der Waals surface area contributed by atoms with Crippen LogP contribution in [0.3, 0.4) is 0 Å². The van der Waals surface area contributed by atoms with E-state index in [-0.39, 0.29) is 36.0 Å². The van der Waals surface area contributed by atoms with Gasteiger partial charge < -0.3 is 4.74 Å². The molecule has 0 spiro atoms. The summed E-state index contributed by atoms with van der Waals surface area (Å²) in [5.74, 6) is 0.400. The summed E-state index contributed by atoms with van der Waals surface area (Å²) in [6.07, 6.45) is -0.512. The molecule has 0 fully saturated rings. The second-order valence-corrected chi connectivity index (χ2v) is 1.96. The van der Waals surface area contributed by atoms with E-state index < -0.39 is 6.09 Å². The van der Waals surface area contributed by atoms with Crippen molar-refractivity contribution in [2.45, 2.75) is 0 Å². The van der Waals surface area contributed by atoms with Gasteiger partial charge in [-0.3, -0.25) is 10.1 Å². The van der Waals surface area contributed by atoms with Gasteiger partial charge in [0.05, 0.1) is 0 Å². The first kappa shape index (κ1) is 12.2. The first-order chi connectivity index (χ1) is 5.83. The third-order valence-corrected chi connectivity index (χ3v) is 1.13. The number of benzene rings is 1. The minimum absolute atomic E-state index is 0. The van der Waals surface area contributed by atoms with Crippen molar-refractivity contribution in [1.82, 2.24) is 5.32 Å². The molecule has 0 bridgehead atoms. The van der Waals surface area contributed by atoms with Crippen LogP contribution in [0.2, 0.25) is 0 Å². The van der Waals surface area contributed by atoms with Gasteiger partial charge in [0.25, 0.3) is 0 Å². The molecule has 4 nitrogen and oxygen atoms in total. The number of nitrogens with one attached hydrogen (secondary N) is 1. The Morgan fingerprint density at radius 3 is 2.46 bits per heavy atom. The van der Waals surface area contributed by atoms with Crippen LogP contribution in [0, 0.1) is 0 Å². The Hall–Kier alpha value is -0.840. The van der Waals surface area contributed by atoms with Crippen molar-refractivity contribution in [1.29, 1.82) is 0 Å². The molecule has 1 rings (SSSR count). The predicted octanol–water partition coefficient (Wildman–Crippen LogP) is 0.283. The van der Waals surface area contributed by atoms with Crippen LogP contribution in [0.1, 0.15) is 0 Å². The number of ether oxygens (including phenoxy) is 1. The first-order valence-corrected chi connectivity index (χ1v) is 3.30. The summed E-state index contributed by atoms with van der Waals surface area (Å²) in [7, 11) is 0. The third kappa shape index (κ3) is 4.67. The molecule has 0 atom stereocenters. The number of carbonyl (C=O) groups excluding carboxylic acids is 2. The van der Waals surface area contributed by atoms with Crippen molar-refractivity contribution >= 4 is 42.1 Å². The van der Waals surface area contributed by atoms with E-state index in [2.05, 4.69) is 4.74 Å². The van der Waals surface area contributed by atoms with Gasteiger partial charge in [-0.1, -0.05) is 18.2 Å². The Balaban J connectivity index is 0.00000144. The normalized spacial score (nSPS) is 8.00. The standard InChI is InChI=1S/C8H7NO3.Na.H/c10-6-9-8(11)12-7-4-2-1-3-5-7;;/h1-6H,(H,9,10,11);;. The molecule has 64 valence electrons. The van der Waals surface area contributed by atoms with Crippen LogP contribution < -0.4 is 10.1 Å². The monoisotopic (exact) mass is 189 g/mol. The van der Waals surface area contributed by atoms with Gasteiger partial charge in [-0.25, -0.2) is 4.79 Å². The van der Waals surface area contributed by atoms with Crippen LogP contribution in [-0.4, -0.2) is 42.1 Å². The molecule has 0 heterocycles. The predicted molar refractivity (Wildman–Crippen MR) is 48.8 cm³/mol. The fourth-order valence-corrected chi connectivity index (χ4v) is 0.673. The molecule has 0 saturated heterocycles. The van der Waals surface area contributed by atoms with Crippen LogP contribution in [0.15, 0.2) is 30.3 Å². The van der Waals surface area contributed by atoms with Gasteiger partial charge in [-0.2, -0.15) is 0 Å². The average Bonchev–Trinajstić information content (AvgIpc) is 2.06. The van der Waals surface area contributed by atoms with E-state index in [9.17, 15) is 9.59 Å². The molecule has 1 N–H and O–H groups in total. The number of para-hydroxylation sites is 1. The Labute approximate surface area is 97.6 Å². The zero-order valence-electron chi connectivity index (χ0n) is 6.19. The summed E-state index contributed by atoms with van der Waals surface area (Å²) in [4.78, 5) is 20.4. The quantitative estimate of drug-likeness (QED) is 0.537. The molecule has 0 aromatic heterocycles. The second kappa shape index (κ2) is 6.65. The number of amides is 2. The second-order valence-electron chi connectivity index (χ2n) is 1.96. The summed E-state index contributed by atoms with van der Waals surface area (Å²) in [6, 6.07) is 8.48. The molecule has 1 aromatic carbocycles. The van der Waals surface area contributed by atoms with Crippen molar-refractivity contribution in [3.8, 4) is 5.75 Å². The number of hydrogen-bond donors (Lipinski definition) is 1. The molecule has 13 heavy (non-hydrogen) atoms. The number of carbonyl (C=O) groups is 2. The summed E-state index contributed by atoms with van der Waals surface area (Å²) in [5.41, 5.74) is 0. The van der Waals surface area contributed by atoms with E-state index in [1.165, 1.54) is 0 Å². The molecule has 0 saturated carbocycles. The molecule has 0 aliphatic carbocycles. The molecule has 1 aromatic rings. The van der Waals surface area contributed by atoms with Gasteiger partial charge in [-0.05, 0) is 12.1 Å².